The topological polar surface area (TPSA) is 106 Å². The molecular weight excluding hydrogens is 516 g/mol. The van der Waals surface area contributed by atoms with Crippen LogP contribution in [0.5, 0.6) is 5.75 Å². The average molecular weight is 549 g/mol. The molecule has 39 heavy (non-hydrogen) atoms. The monoisotopic (exact) mass is 548 g/mol. The molecule has 1 aliphatic rings. The number of carbonyl (C=O) groups excluding carboxylic acids is 3. The smallest absolute Gasteiger partial charge is 0.350 e. The quantitative estimate of drug-likeness (QED) is 0.176. The van der Waals surface area contributed by atoms with Crippen molar-refractivity contribution in [2.45, 2.75) is 59.1 Å². The van der Waals surface area contributed by atoms with Crippen molar-refractivity contribution in [1.29, 1.82) is 0 Å². The molecule has 0 saturated carbocycles. The highest BCUT2D eigenvalue weighted by Crippen LogP contribution is 2.44. The molecule has 1 aromatic heterocycles. The van der Waals surface area contributed by atoms with Gasteiger partial charge in [-0.15, -0.1) is 0 Å². The second-order valence-corrected chi connectivity index (χ2v) is 11.6. The highest BCUT2D eigenvalue weighted by atomic mass is 32.1. The molecule has 0 aliphatic carbocycles. The van der Waals surface area contributed by atoms with Crippen LogP contribution in [-0.4, -0.2) is 41.0 Å². The maximum Gasteiger partial charge on any atom is 0.350 e. The lowest BCUT2D eigenvalue weighted by Gasteiger charge is -2.25. The molecule has 0 radical (unpaired) electrons. The number of methoxy groups -OCH3 is 1. The minimum Gasteiger partial charge on any atom is -0.507 e. The van der Waals surface area contributed by atoms with Crippen LogP contribution in [0.25, 0.3) is 5.76 Å². The summed E-state index contributed by atoms with van der Waals surface area (Å²) in [7, 11) is 1.27. The Hall–Kier alpha value is -3.98. The van der Waals surface area contributed by atoms with Crippen molar-refractivity contribution in [3.63, 3.8) is 0 Å². The van der Waals surface area contributed by atoms with Gasteiger partial charge in [-0.3, -0.25) is 14.5 Å². The molecule has 1 amide bonds. The Balaban J connectivity index is 1.88. The molecule has 1 aliphatic heterocycles. The van der Waals surface area contributed by atoms with E-state index in [0.717, 1.165) is 16.9 Å². The van der Waals surface area contributed by atoms with E-state index in [4.69, 9.17) is 9.47 Å². The molecule has 2 aromatic carbocycles. The van der Waals surface area contributed by atoms with Gasteiger partial charge in [0.05, 0.1) is 30.5 Å². The average Bonchev–Trinajstić information content (AvgIpc) is 3.39. The van der Waals surface area contributed by atoms with Crippen LogP contribution in [-0.2, 0) is 19.7 Å². The molecule has 8 nitrogen and oxygen atoms in total. The summed E-state index contributed by atoms with van der Waals surface area (Å²) in [6.45, 7) is 11.7. The van der Waals surface area contributed by atoms with Crippen LogP contribution in [0.1, 0.15) is 72.7 Å². The molecule has 4 rings (SSSR count). The number of amides is 1. The van der Waals surface area contributed by atoms with Gasteiger partial charge in [0, 0.05) is 5.56 Å². The van der Waals surface area contributed by atoms with Crippen molar-refractivity contribution in [3.8, 4) is 5.75 Å². The summed E-state index contributed by atoms with van der Waals surface area (Å²) in [6, 6.07) is 13.3. The van der Waals surface area contributed by atoms with Gasteiger partial charge in [-0.1, -0.05) is 56.4 Å². The number of carbonyl (C=O) groups is 3. The first-order valence-corrected chi connectivity index (χ1v) is 13.4. The maximum atomic E-state index is 13.5. The number of aryl methyl sites for hydroxylation is 1. The van der Waals surface area contributed by atoms with Gasteiger partial charge in [-0.2, -0.15) is 0 Å². The number of ether oxygens (including phenoxy) is 2. The van der Waals surface area contributed by atoms with Crippen molar-refractivity contribution in [1.82, 2.24) is 4.98 Å². The number of esters is 1. The summed E-state index contributed by atoms with van der Waals surface area (Å²) >= 11 is 0.965. The van der Waals surface area contributed by atoms with Gasteiger partial charge in [-0.05, 0) is 61.6 Å². The second kappa shape index (κ2) is 10.6. The van der Waals surface area contributed by atoms with Crippen molar-refractivity contribution < 1.29 is 29.0 Å². The molecule has 2 heterocycles. The van der Waals surface area contributed by atoms with Gasteiger partial charge in [0.15, 0.2) is 5.13 Å². The number of rotatable bonds is 6. The van der Waals surface area contributed by atoms with E-state index in [1.165, 1.54) is 12.0 Å². The molecular formula is C30H32N2O6S. The second-order valence-electron chi connectivity index (χ2n) is 10.6. The normalized spacial score (nSPS) is 17.1. The van der Waals surface area contributed by atoms with Crippen molar-refractivity contribution >= 4 is 39.9 Å². The Bertz CT molecular complexity index is 1450. The number of hydrogen-bond acceptors (Lipinski definition) is 8. The molecule has 1 unspecified atom stereocenters. The van der Waals surface area contributed by atoms with Crippen molar-refractivity contribution in [3.05, 3.63) is 81.4 Å². The number of anilines is 1. The molecule has 0 spiro atoms. The highest BCUT2D eigenvalue weighted by Gasteiger charge is 2.48. The first-order valence-electron chi connectivity index (χ1n) is 12.6. The lowest BCUT2D eigenvalue weighted by molar-refractivity contribution is -0.132. The number of hydrogen-bond donors (Lipinski definition) is 1. The third-order valence-electron chi connectivity index (χ3n) is 6.40. The van der Waals surface area contributed by atoms with Crippen LogP contribution in [0.3, 0.4) is 0 Å². The first kappa shape index (κ1) is 28.0. The third kappa shape index (κ3) is 5.45. The van der Waals surface area contributed by atoms with E-state index in [1.807, 2.05) is 38.1 Å². The number of Topliss-reactive ketones (excluding diaryl/α,β-unsaturated/α-hetero) is 1. The zero-order valence-corrected chi connectivity index (χ0v) is 23.9. The molecule has 9 heteroatoms. The maximum absolute atomic E-state index is 13.5. The van der Waals surface area contributed by atoms with Gasteiger partial charge in [0.1, 0.15) is 16.4 Å². The summed E-state index contributed by atoms with van der Waals surface area (Å²) in [4.78, 5) is 45.1. The molecule has 0 bridgehead atoms. The largest absolute Gasteiger partial charge is 0.507 e. The van der Waals surface area contributed by atoms with Crippen LogP contribution < -0.4 is 9.64 Å². The van der Waals surface area contributed by atoms with Crippen LogP contribution in [0.4, 0.5) is 5.13 Å². The Morgan fingerprint density at radius 3 is 2.21 bits per heavy atom. The van der Waals surface area contributed by atoms with Crippen LogP contribution >= 0.6 is 11.3 Å². The van der Waals surface area contributed by atoms with Crippen molar-refractivity contribution in [2.24, 2.45) is 0 Å². The van der Waals surface area contributed by atoms with E-state index in [0.29, 0.717) is 22.6 Å². The molecule has 1 atom stereocenters. The zero-order chi connectivity index (χ0) is 28.6. The van der Waals surface area contributed by atoms with E-state index in [1.54, 1.807) is 31.2 Å². The third-order valence-corrected chi connectivity index (χ3v) is 7.54. The fraction of sp³-hybridized carbons (Fsp3) is 0.333. The number of aliphatic hydroxyl groups excluding tert-OH is 1. The van der Waals surface area contributed by atoms with Gasteiger partial charge >= 0.3 is 11.9 Å². The van der Waals surface area contributed by atoms with E-state index in [-0.39, 0.29) is 32.9 Å². The van der Waals surface area contributed by atoms with Crippen molar-refractivity contribution in [2.75, 3.05) is 12.0 Å². The van der Waals surface area contributed by atoms with Crippen LogP contribution in [0.15, 0.2) is 54.1 Å². The van der Waals surface area contributed by atoms with E-state index < -0.39 is 23.7 Å². The first-order chi connectivity index (χ1) is 18.3. The minimum atomic E-state index is -0.957. The zero-order valence-electron chi connectivity index (χ0n) is 23.1. The van der Waals surface area contributed by atoms with Gasteiger partial charge in [0.2, 0.25) is 0 Å². The van der Waals surface area contributed by atoms with Gasteiger partial charge in [0.25, 0.3) is 5.78 Å². The fourth-order valence-electron chi connectivity index (χ4n) is 4.40. The van der Waals surface area contributed by atoms with Gasteiger partial charge < -0.3 is 14.6 Å². The lowest BCUT2D eigenvalue weighted by Crippen LogP contribution is -2.29. The Morgan fingerprint density at radius 2 is 1.67 bits per heavy atom. The van der Waals surface area contributed by atoms with Crippen LogP contribution in [0, 0.1) is 6.92 Å². The SMILES string of the molecule is COC(=O)c1sc(N2C(=O)C(=O)/C(=C(/O)c3ccc(OC(C)C)cc3)C2c2ccc(C(C)(C)C)cc2)nc1C. The highest BCUT2D eigenvalue weighted by molar-refractivity contribution is 7.17. The fourth-order valence-corrected chi connectivity index (χ4v) is 5.41. The number of aliphatic hydroxyl groups is 1. The number of benzene rings is 2. The van der Waals surface area contributed by atoms with E-state index in [2.05, 4.69) is 25.8 Å². The summed E-state index contributed by atoms with van der Waals surface area (Å²) in [6.07, 6.45) is -0.0255. The van der Waals surface area contributed by atoms with E-state index >= 15 is 0 Å². The summed E-state index contributed by atoms with van der Waals surface area (Å²) < 4.78 is 10.5. The molecule has 1 fully saturated rings. The standard InChI is InChI=1S/C30H32N2O6S/c1-16(2)38-21-14-10-19(11-15-21)24(33)22-23(18-8-12-20(13-9-18)30(4,5)6)32(27(35)25(22)34)29-31-17(3)26(39-29)28(36)37-7/h8-16,23,33H,1-7H3/b24-22+. The Kier molecular flexibility index (Phi) is 7.66. The Labute approximate surface area is 231 Å². The summed E-state index contributed by atoms with van der Waals surface area (Å²) in [5.74, 6) is -1.95. The number of aromatic nitrogens is 1. The number of ketones is 1. The predicted molar refractivity (Wildman–Crippen MR) is 150 cm³/mol. The summed E-state index contributed by atoms with van der Waals surface area (Å²) in [5, 5.41) is 11.6. The molecule has 3 aromatic rings. The number of thiazole rings is 1. The molecule has 1 saturated heterocycles. The molecule has 1 N–H and O–H groups in total. The van der Waals surface area contributed by atoms with Crippen LogP contribution in [0.2, 0.25) is 0 Å². The Morgan fingerprint density at radius 1 is 1.05 bits per heavy atom. The predicted octanol–water partition coefficient (Wildman–Crippen LogP) is 5.95. The van der Waals surface area contributed by atoms with E-state index in [9.17, 15) is 19.5 Å². The lowest BCUT2D eigenvalue weighted by atomic mass is 9.85. The minimum absolute atomic E-state index is 0.0255. The number of nitrogens with zero attached hydrogens (tertiary/aromatic N) is 2. The molecule has 204 valence electrons. The summed E-state index contributed by atoms with van der Waals surface area (Å²) in [5.41, 5.74) is 2.27. The van der Waals surface area contributed by atoms with Gasteiger partial charge in [-0.25, -0.2) is 9.78 Å².